The van der Waals surface area contributed by atoms with E-state index in [1.54, 1.807) is 7.11 Å². The molecule has 1 heterocycles. The van der Waals surface area contributed by atoms with E-state index in [1.165, 1.54) is 11.1 Å². The molecule has 0 atom stereocenters. The molecular formula is C25H36IN3O3. The lowest BCUT2D eigenvalue weighted by atomic mass is 9.74. The fraction of sp³-hybridized carbons (Fsp3) is 0.480. The molecular weight excluding hydrogens is 517 g/mol. The third-order valence-corrected chi connectivity index (χ3v) is 5.92. The van der Waals surface area contributed by atoms with Crippen molar-refractivity contribution in [1.29, 1.82) is 0 Å². The Hall–Kier alpha value is -2.00. The molecule has 2 aromatic rings. The normalized spacial score (nSPS) is 15.4. The standard InChI is InChI=1S/C25H35N3O3.HI/c1-4-31-22-11-9-21(10-12-22)25(14-17-30-18-15-25)19-28-24(26-2)27-16-13-20-7-5-6-8-23(20)29-3;/h5-12H,4,13-19H2,1-3H3,(H2,26,27,28);1H. The zero-order valence-electron chi connectivity index (χ0n) is 19.4. The van der Waals surface area contributed by atoms with Crippen LogP contribution in [0.25, 0.3) is 0 Å². The molecule has 0 amide bonds. The van der Waals surface area contributed by atoms with Crippen LogP contribution in [0.5, 0.6) is 11.5 Å². The highest BCUT2D eigenvalue weighted by molar-refractivity contribution is 14.0. The molecule has 2 N–H and O–H groups in total. The lowest BCUT2D eigenvalue weighted by Crippen LogP contribution is -2.48. The van der Waals surface area contributed by atoms with Gasteiger partial charge in [0.15, 0.2) is 5.96 Å². The van der Waals surface area contributed by atoms with E-state index >= 15 is 0 Å². The van der Waals surface area contributed by atoms with Crippen molar-refractivity contribution in [3.05, 3.63) is 59.7 Å². The first-order valence-corrected chi connectivity index (χ1v) is 11.1. The molecule has 32 heavy (non-hydrogen) atoms. The van der Waals surface area contributed by atoms with Crippen LogP contribution in [0.2, 0.25) is 0 Å². The number of aliphatic imine (C=N–C) groups is 1. The Labute approximate surface area is 209 Å². The van der Waals surface area contributed by atoms with Crippen molar-refractivity contribution in [2.45, 2.75) is 31.6 Å². The minimum absolute atomic E-state index is 0. The van der Waals surface area contributed by atoms with Crippen LogP contribution in [0.15, 0.2) is 53.5 Å². The van der Waals surface area contributed by atoms with Crippen LogP contribution in [0, 0.1) is 0 Å². The van der Waals surface area contributed by atoms with Gasteiger partial charge in [0.1, 0.15) is 11.5 Å². The largest absolute Gasteiger partial charge is 0.496 e. The molecule has 0 saturated carbocycles. The highest BCUT2D eigenvalue weighted by Gasteiger charge is 2.34. The molecule has 1 aliphatic rings. The van der Waals surface area contributed by atoms with Crippen LogP contribution < -0.4 is 20.1 Å². The van der Waals surface area contributed by atoms with Crippen molar-refractivity contribution in [2.24, 2.45) is 4.99 Å². The van der Waals surface area contributed by atoms with E-state index in [0.29, 0.717) is 6.61 Å². The zero-order chi connectivity index (χ0) is 21.9. The van der Waals surface area contributed by atoms with Gasteiger partial charge in [-0.1, -0.05) is 30.3 Å². The van der Waals surface area contributed by atoms with Gasteiger partial charge in [-0.25, -0.2) is 0 Å². The summed E-state index contributed by atoms with van der Waals surface area (Å²) in [5, 5.41) is 6.99. The lowest BCUT2D eigenvalue weighted by Gasteiger charge is -2.38. The fourth-order valence-electron chi connectivity index (χ4n) is 4.10. The summed E-state index contributed by atoms with van der Waals surface area (Å²) in [5.74, 6) is 2.64. The summed E-state index contributed by atoms with van der Waals surface area (Å²) in [6.07, 6.45) is 2.82. The van der Waals surface area contributed by atoms with E-state index in [-0.39, 0.29) is 29.4 Å². The summed E-state index contributed by atoms with van der Waals surface area (Å²) in [5.41, 5.74) is 2.52. The van der Waals surface area contributed by atoms with E-state index in [1.807, 2.05) is 32.2 Å². The topological polar surface area (TPSA) is 64.1 Å². The summed E-state index contributed by atoms with van der Waals surface area (Å²) in [4.78, 5) is 4.42. The summed E-state index contributed by atoms with van der Waals surface area (Å²) >= 11 is 0. The Morgan fingerprint density at radius 2 is 1.78 bits per heavy atom. The van der Waals surface area contributed by atoms with Crippen molar-refractivity contribution in [3.63, 3.8) is 0 Å². The number of para-hydroxylation sites is 1. The SMILES string of the molecule is CCOc1ccc(C2(CNC(=NC)NCCc3ccccc3OC)CCOCC2)cc1.I. The first-order chi connectivity index (χ1) is 15.2. The third kappa shape index (κ3) is 7.00. The van der Waals surface area contributed by atoms with Crippen LogP contribution in [-0.2, 0) is 16.6 Å². The van der Waals surface area contributed by atoms with E-state index in [2.05, 4.69) is 46.0 Å². The highest BCUT2D eigenvalue weighted by Crippen LogP contribution is 2.35. The Kier molecular flexibility index (Phi) is 11.1. The molecule has 1 saturated heterocycles. The number of nitrogens with zero attached hydrogens (tertiary/aromatic N) is 1. The van der Waals surface area contributed by atoms with Gasteiger partial charge in [-0.3, -0.25) is 4.99 Å². The molecule has 0 unspecified atom stereocenters. The molecule has 1 aliphatic heterocycles. The number of ether oxygens (including phenoxy) is 3. The second kappa shape index (κ2) is 13.5. The number of rotatable bonds is 9. The number of guanidine groups is 1. The van der Waals surface area contributed by atoms with E-state index in [9.17, 15) is 0 Å². The second-order valence-electron chi connectivity index (χ2n) is 7.76. The van der Waals surface area contributed by atoms with Gasteiger partial charge in [-0.2, -0.15) is 0 Å². The molecule has 3 rings (SSSR count). The Bertz CT molecular complexity index is 837. The summed E-state index contributed by atoms with van der Waals surface area (Å²) < 4.78 is 16.7. The number of methoxy groups -OCH3 is 1. The number of hydrogen-bond acceptors (Lipinski definition) is 4. The molecule has 0 aromatic heterocycles. The van der Waals surface area contributed by atoms with Gasteiger partial charge < -0.3 is 24.8 Å². The predicted molar refractivity (Wildman–Crippen MR) is 141 cm³/mol. The maximum absolute atomic E-state index is 5.67. The van der Waals surface area contributed by atoms with Crippen molar-refractivity contribution >= 4 is 29.9 Å². The molecule has 176 valence electrons. The summed E-state index contributed by atoms with van der Waals surface area (Å²) in [6.45, 7) is 5.81. The van der Waals surface area contributed by atoms with Crippen molar-refractivity contribution in [1.82, 2.24) is 10.6 Å². The number of benzene rings is 2. The zero-order valence-corrected chi connectivity index (χ0v) is 21.7. The molecule has 1 fully saturated rings. The first-order valence-electron chi connectivity index (χ1n) is 11.1. The number of nitrogens with one attached hydrogen (secondary N) is 2. The Morgan fingerprint density at radius 3 is 2.44 bits per heavy atom. The van der Waals surface area contributed by atoms with E-state index < -0.39 is 0 Å². The molecule has 2 aromatic carbocycles. The van der Waals surface area contributed by atoms with Crippen molar-refractivity contribution in [3.8, 4) is 11.5 Å². The molecule has 0 spiro atoms. The Balaban J connectivity index is 0.00000363. The van der Waals surface area contributed by atoms with Gasteiger partial charge in [0.25, 0.3) is 0 Å². The minimum Gasteiger partial charge on any atom is -0.496 e. The van der Waals surface area contributed by atoms with Crippen LogP contribution in [0.4, 0.5) is 0 Å². The monoisotopic (exact) mass is 553 g/mol. The van der Waals surface area contributed by atoms with Gasteiger partial charge >= 0.3 is 0 Å². The molecule has 7 heteroatoms. The minimum atomic E-state index is 0. The van der Waals surface area contributed by atoms with Crippen molar-refractivity contribution in [2.75, 3.05) is 47.1 Å². The van der Waals surface area contributed by atoms with Gasteiger partial charge in [-0.15, -0.1) is 24.0 Å². The summed E-state index contributed by atoms with van der Waals surface area (Å²) in [7, 11) is 3.52. The molecule has 0 radical (unpaired) electrons. The molecule has 0 aliphatic carbocycles. The third-order valence-electron chi connectivity index (χ3n) is 5.92. The fourth-order valence-corrected chi connectivity index (χ4v) is 4.10. The van der Waals surface area contributed by atoms with Gasteiger partial charge in [0, 0.05) is 38.8 Å². The maximum Gasteiger partial charge on any atom is 0.191 e. The van der Waals surface area contributed by atoms with E-state index in [4.69, 9.17) is 14.2 Å². The quantitative estimate of drug-likeness (QED) is 0.278. The number of halogens is 1. The average Bonchev–Trinajstić information content (AvgIpc) is 2.83. The van der Waals surface area contributed by atoms with Crippen LogP contribution in [0.1, 0.15) is 30.9 Å². The summed E-state index contributed by atoms with van der Waals surface area (Å²) in [6, 6.07) is 16.6. The highest BCUT2D eigenvalue weighted by atomic mass is 127. The number of hydrogen-bond donors (Lipinski definition) is 2. The van der Waals surface area contributed by atoms with Crippen molar-refractivity contribution < 1.29 is 14.2 Å². The molecule has 0 bridgehead atoms. The van der Waals surface area contributed by atoms with E-state index in [0.717, 1.165) is 63.0 Å². The average molecular weight is 553 g/mol. The van der Waals surface area contributed by atoms with Crippen LogP contribution >= 0.6 is 24.0 Å². The molecule has 6 nitrogen and oxygen atoms in total. The van der Waals surface area contributed by atoms with Crippen LogP contribution in [0.3, 0.4) is 0 Å². The first kappa shape index (κ1) is 26.3. The predicted octanol–water partition coefficient (Wildman–Crippen LogP) is 4.17. The Morgan fingerprint density at radius 1 is 1.06 bits per heavy atom. The van der Waals surface area contributed by atoms with Gasteiger partial charge in [0.05, 0.1) is 13.7 Å². The smallest absolute Gasteiger partial charge is 0.191 e. The second-order valence-corrected chi connectivity index (χ2v) is 7.76. The van der Waals surface area contributed by atoms with Gasteiger partial charge in [0.2, 0.25) is 0 Å². The van der Waals surface area contributed by atoms with Gasteiger partial charge in [-0.05, 0) is 55.5 Å². The maximum atomic E-state index is 5.67. The lowest BCUT2D eigenvalue weighted by molar-refractivity contribution is 0.0513. The van der Waals surface area contributed by atoms with Crippen LogP contribution in [-0.4, -0.2) is 53.0 Å².